The predicted octanol–water partition coefficient (Wildman–Crippen LogP) is 4.01. The summed E-state index contributed by atoms with van der Waals surface area (Å²) in [5.74, 6) is -0.537. The molecule has 0 amide bonds. The smallest absolute Gasteiger partial charge is 0.334 e. The molecule has 0 aromatic carbocycles. The molecule has 9 heteroatoms. The van der Waals surface area contributed by atoms with Crippen molar-refractivity contribution >= 4 is 17.9 Å². The van der Waals surface area contributed by atoms with Crippen LogP contribution in [0.5, 0.6) is 0 Å². The van der Waals surface area contributed by atoms with Crippen LogP contribution in [0.15, 0.2) is 12.2 Å². The van der Waals surface area contributed by atoms with Crippen LogP contribution >= 0.6 is 0 Å². The lowest BCUT2D eigenvalue weighted by molar-refractivity contribution is -0.241. The summed E-state index contributed by atoms with van der Waals surface area (Å²) in [6, 6.07) is 0. The first-order valence-electron chi connectivity index (χ1n) is 13.8. The summed E-state index contributed by atoms with van der Waals surface area (Å²) < 4.78 is 33.9. The van der Waals surface area contributed by atoms with Crippen molar-refractivity contribution in [3.8, 4) is 0 Å². The van der Waals surface area contributed by atoms with Crippen LogP contribution in [0.1, 0.15) is 84.5 Å². The summed E-state index contributed by atoms with van der Waals surface area (Å²) in [6.45, 7) is 6.66. The van der Waals surface area contributed by atoms with Crippen molar-refractivity contribution in [3.63, 3.8) is 0 Å². The predicted molar refractivity (Wildman–Crippen MR) is 132 cm³/mol. The van der Waals surface area contributed by atoms with E-state index < -0.39 is 35.4 Å². The third kappa shape index (κ3) is 7.77. The second kappa shape index (κ2) is 12.3. The Bertz CT molecular complexity index is 833. The molecule has 0 aliphatic heterocycles. The Morgan fingerprint density at radius 1 is 0.919 bits per heavy atom. The van der Waals surface area contributed by atoms with Gasteiger partial charge in [0.1, 0.15) is 25.4 Å². The van der Waals surface area contributed by atoms with Crippen molar-refractivity contribution in [1.82, 2.24) is 0 Å². The number of hydrogen-bond donors (Lipinski definition) is 0. The molecule has 4 bridgehead atoms. The van der Waals surface area contributed by atoms with Gasteiger partial charge in [0.05, 0.1) is 18.3 Å². The van der Waals surface area contributed by atoms with Gasteiger partial charge in [0, 0.05) is 12.0 Å². The van der Waals surface area contributed by atoms with E-state index in [1.54, 1.807) is 13.8 Å². The molecule has 5 rings (SSSR count). The first-order valence-corrected chi connectivity index (χ1v) is 13.8. The van der Waals surface area contributed by atoms with E-state index in [2.05, 4.69) is 6.58 Å². The highest BCUT2D eigenvalue weighted by Gasteiger charge is 2.60. The molecular weight excluding hydrogens is 480 g/mol. The second-order valence-corrected chi connectivity index (χ2v) is 11.5. The van der Waals surface area contributed by atoms with Gasteiger partial charge in [-0.15, -0.1) is 0 Å². The Balaban J connectivity index is 1.22. The summed E-state index contributed by atoms with van der Waals surface area (Å²) >= 11 is 0. The molecular formula is C28H42O9. The summed E-state index contributed by atoms with van der Waals surface area (Å²) in [5.41, 5.74) is -0.750. The van der Waals surface area contributed by atoms with E-state index in [4.69, 9.17) is 28.4 Å². The maximum atomic E-state index is 12.6. The third-order valence-electron chi connectivity index (χ3n) is 8.04. The first kappa shape index (κ1) is 28.0. The summed E-state index contributed by atoms with van der Waals surface area (Å²) in [7, 11) is 0. The molecule has 0 aromatic heterocycles. The molecule has 0 aromatic rings. The Kier molecular flexibility index (Phi) is 9.29. The van der Waals surface area contributed by atoms with E-state index in [-0.39, 0.29) is 32.5 Å². The van der Waals surface area contributed by atoms with Crippen LogP contribution in [-0.2, 0) is 42.8 Å². The highest BCUT2D eigenvalue weighted by Crippen LogP contribution is 2.60. The molecule has 5 aliphatic carbocycles. The van der Waals surface area contributed by atoms with Crippen LogP contribution in [0.25, 0.3) is 0 Å². The molecule has 0 N–H and O–H groups in total. The standard InChI is InChI=1S/C28H42O9/c1-19(2)26(31)33-10-9-32-16-25(30)37-28-14-21-11-22(15-28)13-27(12-21,18-28)34-17-24(29)36-20(3)35-23-7-5-4-6-8-23/h20-23H,1,4-18H2,2-3H3. The Labute approximate surface area is 219 Å². The van der Waals surface area contributed by atoms with E-state index in [1.165, 1.54) is 6.42 Å². The number of carbonyl (C=O) groups is 3. The lowest BCUT2D eigenvalue weighted by Gasteiger charge is -2.60. The zero-order valence-corrected chi connectivity index (χ0v) is 22.3. The SMILES string of the molecule is C=C(C)C(=O)OCCOCC(=O)OC12CC3CC(CC(OCC(=O)OC(C)OC4CCCCC4)(C3)C1)C2. The number of esters is 3. The monoisotopic (exact) mass is 522 g/mol. The van der Waals surface area contributed by atoms with E-state index in [1.807, 2.05) is 0 Å². The highest BCUT2D eigenvalue weighted by atomic mass is 16.7. The maximum absolute atomic E-state index is 12.6. The fraction of sp³-hybridized carbons (Fsp3) is 0.821. The van der Waals surface area contributed by atoms with Crippen LogP contribution < -0.4 is 0 Å². The molecule has 5 fully saturated rings. The van der Waals surface area contributed by atoms with Gasteiger partial charge in [0.15, 0.2) is 0 Å². The normalized spacial score (nSPS) is 31.5. The average molecular weight is 523 g/mol. The number of ether oxygens (including phenoxy) is 6. The minimum Gasteiger partial charge on any atom is -0.460 e. The first-order chi connectivity index (χ1) is 17.7. The van der Waals surface area contributed by atoms with Crippen molar-refractivity contribution in [2.45, 2.75) is 108 Å². The van der Waals surface area contributed by atoms with E-state index >= 15 is 0 Å². The Morgan fingerprint density at radius 2 is 1.59 bits per heavy atom. The molecule has 0 saturated heterocycles. The molecule has 3 atom stereocenters. The van der Waals surface area contributed by atoms with Gasteiger partial charge in [0.2, 0.25) is 6.29 Å². The second-order valence-electron chi connectivity index (χ2n) is 11.5. The van der Waals surface area contributed by atoms with Crippen LogP contribution in [-0.4, -0.2) is 67.9 Å². The van der Waals surface area contributed by atoms with Gasteiger partial charge in [-0.1, -0.05) is 25.8 Å². The van der Waals surface area contributed by atoms with Gasteiger partial charge >= 0.3 is 17.9 Å². The van der Waals surface area contributed by atoms with Crippen molar-refractivity contribution in [3.05, 3.63) is 12.2 Å². The van der Waals surface area contributed by atoms with Gasteiger partial charge in [0.25, 0.3) is 0 Å². The Morgan fingerprint density at radius 3 is 2.27 bits per heavy atom. The largest absolute Gasteiger partial charge is 0.460 e. The van der Waals surface area contributed by atoms with E-state index in [0.29, 0.717) is 23.8 Å². The van der Waals surface area contributed by atoms with Crippen molar-refractivity contribution in [2.24, 2.45) is 11.8 Å². The minimum absolute atomic E-state index is 0.0473. The molecule has 37 heavy (non-hydrogen) atoms. The van der Waals surface area contributed by atoms with E-state index in [9.17, 15) is 14.4 Å². The topological polar surface area (TPSA) is 107 Å². The number of hydrogen-bond acceptors (Lipinski definition) is 9. The highest BCUT2D eigenvalue weighted by molar-refractivity contribution is 5.86. The van der Waals surface area contributed by atoms with Gasteiger partial charge in [-0.3, -0.25) is 0 Å². The zero-order valence-electron chi connectivity index (χ0n) is 22.3. The van der Waals surface area contributed by atoms with Gasteiger partial charge in [-0.25, -0.2) is 14.4 Å². The number of rotatable bonds is 13. The summed E-state index contributed by atoms with van der Waals surface area (Å²) in [5, 5.41) is 0. The van der Waals surface area contributed by atoms with Gasteiger partial charge < -0.3 is 28.4 Å². The maximum Gasteiger partial charge on any atom is 0.334 e. The quantitative estimate of drug-likeness (QED) is 0.117. The molecule has 0 spiro atoms. The lowest BCUT2D eigenvalue weighted by Crippen LogP contribution is -2.61. The van der Waals surface area contributed by atoms with Gasteiger partial charge in [-0.05, 0) is 70.6 Å². The molecule has 0 heterocycles. The van der Waals surface area contributed by atoms with Gasteiger partial charge in [-0.2, -0.15) is 0 Å². The molecule has 3 unspecified atom stereocenters. The van der Waals surface area contributed by atoms with E-state index in [0.717, 1.165) is 57.8 Å². The summed E-state index contributed by atoms with van der Waals surface area (Å²) in [4.78, 5) is 36.5. The van der Waals surface area contributed by atoms with Crippen LogP contribution in [0.2, 0.25) is 0 Å². The van der Waals surface area contributed by atoms with Crippen molar-refractivity contribution in [2.75, 3.05) is 26.4 Å². The van der Waals surface area contributed by atoms with Crippen molar-refractivity contribution in [1.29, 1.82) is 0 Å². The molecule has 9 nitrogen and oxygen atoms in total. The fourth-order valence-electron chi connectivity index (χ4n) is 7.06. The molecule has 0 radical (unpaired) electrons. The third-order valence-corrected chi connectivity index (χ3v) is 8.04. The summed E-state index contributed by atoms with van der Waals surface area (Å²) in [6.07, 6.45) is 10.2. The Hall–Kier alpha value is -1.97. The van der Waals surface area contributed by atoms with Crippen LogP contribution in [0, 0.1) is 11.8 Å². The van der Waals surface area contributed by atoms with Crippen LogP contribution in [0.4, 0.5) is 0 Å². The lowest BCUT2D eigenvalue weighted by atomic mass is 9.52. The molecule has 208 valence electrons. The van der Waals surface area contributed by atoms with Crippen LogP contribution in [0.3, 0.4) is 0 Å². The zero-order chi connectivity index (χ0) is 26.5. The number of carbonyl (C=O) groups excluding carboxylic acids is 3. The fourth-order valence-corrected chi connectivity index (χ4v) is 7.06. The van der Waals surface area contributed by atoms with Crippen molar-refractivity contribution < 1.29 is 42.8 Å². The molecule has 5 aliphatic rings. The minimum atomic E-state index is -0.591. The molecule has 5 saturated carbocycles. The average Bonchev–Trinajstić information content (AvgIpc) is 2.82.